The Bertz CT molecular complexity index is 666. The predicted octanol–water partition coefficient (Wildman–Crippen LogP) is 2.80. The molecule has 1 spiro atoms. The van der Waals surface area contributed by atoms with Crippen LogP contribution < -0.4 is 9.47 Å². The molecular weight excluding hydrogens is 326 g/mol. The van der Waals surface area contributed by atoms with Crippen molar-refractivity contribution >= 4 is 12.4 Å². The summed E-state index contributed by atoms with van der Waals surface area (Å²) in [5.74, 6) is 2.57. The molecule has 4 aliphatic rings. The highest BCUT2D eigenvalue weighted by Gasteiger charge is 2.65. The van der Waals surface area contributed by atoms with Crippen molar-refractivity contribution < 1.29 is 14.2 Å². The number of likely N-dealkylation sites (N-methyl/N-ethyl adjacent to an activating group) is 1. The minimum atomic E-state index is 0. The third-order valence-electron chi connectivity index (χ3n) is 7.05. The van der Waals surface area contributed by atoms with Crippen LogP contribution >= 0.6 is 12.4 Å². The molecule has 0 amide bonds. The summed E-state index contributed by atoms with van der Waals surface area (Å²) in [6.45, 7) is 1.15. The van der Waals surface area contributed by atoms with Gasteiger partial charge >= 0.3 is 0 Å². The Balaban J connectivity index is 0.00000146. The number of methoxy groups -OCH3 is 2. The van der Waals surface area contributed by atoms with Crippen molar-refractivity contribution in [1.82, 2.24) is 4.90 Å². The number of rotatable bonds is 2. The molecule has 2 heterocycles. The van der Waals surface area contributed by atoms with Crippen LogP contribution in [-0.4, -0.2) is 51.0 Å². The van der Waals surface area contributed by atoms with E-state index in [0.29, 0.717) is 12.0 Å². The molecule has 1 saturated carbocycles. The normalized spacial score (nSPS) is 38.8. The summed E-state index contributed by atoms with van der Waals surface area (Å²) >= 11 is 0. The summed E-state index contributed by atoms with van der Waals surface area (Å²) in [5.41, 5.74) is 3.05. The first-order chi connectivity index (χ1) is 11.2. The first-order valence-corrected chi connectivity index (χ1v) is 8.80. The summed E-state index contributed by atoms with van der Waals surface area (Å²) < 4.78 is 18.1. The van der Waals surface area contributed by atoms with E-state index in [1.54, 1.807) is 7.11 Å². The van der Waals surface area contributed by atoms with Crippen molar-refractivity contribution in [3.05, 3.63) is 23.3 Å². The fraction of sp³-hybridized carbons (Fsp3) is 0.684. The summed E-state index contributed by atoms with van der Waals surface area (Å²) in [5, 5.41) is 0. The highest BCUT2D eigenvalue weighted by atomic mass is 35.5. The Hall–Kier alpha value is -0.970. The maximum atomic E-state index is 6.57. The molecular formula is C19H26ClNO3. The molecule has 0 radical (unpaired) electrons. The maximum Gasteiger partial charge on any atom is 0.165 e. The van der Waals surface area contributed by atoms with Crippen molar-refractivity contribution in [2.45, 2.75) is 49.3 Å². The van der Waals surface area contributed by atoms with Gasteiger partial charge in [-0.15, -0.1) is 12.4 Å². The van der Waals surface area contributed by atoms with E-state index >= 15 is 0 Å². The van der Waals surface area contributed by atoms with Crippen molar-refractivity contribution in [3.8, 4) is 11.5 Å². The van der Waals surface area contributed by atoms with Crippen LogP contribution in [0, 0.1) is 5.92 Å². The molecule has 24 heavy (non-hydrogen) atoms. The molecule has 2 unspecified atom stereocenters. The largest absolute Gasteiger partial charge is 0.493 e. The zero-order valence-electron chi connectivity index (χ0n) is 14.6. The summed E-state index contributed by atoms with van der Waals surface area (Å²) in [4.78, 5) is 2.57. The Morgan fingerprint density at radius 1 is 1.25 bits per heavy atom. The topological polar surface area (TPSA) is 30.9 Å². The average Bonchev–Trinajstić information content (AvgIpc) is 2.92. The Morgan fingerprint density at radius 2 is 2.08 bits per heavy atom. The molecule has 2 aliphatic heterocycles. The molecule has 1 aromatic rings. The van der Waals surface area contributed by atoms with Gasteiger partial charge < -0.3 is 19.1 Å². The van der Waals surface area contributed by atoms with Crippen molar-refractivity contribution in [1.29, 1.82) is 0 Å². The smallest absolute Gasteiger partial charge is 0.165 e. The van der Waals surface area contributed by atoms with E-state index in [0.717, 1.165) is 30.9 Å². The third-order valence-corrected chi connectivity index (χ3v) is 7.05. The zero-order chi connectivity index (χ0) is 15.8. The van der Waals surface area contributed by atoms with E-state index in [-0.39, 0.29) is 30.0 Å². The fourth-order valence-corrected chi connectivity index (χ4v) is 6.08. The summed E-state index contributed by atoms with van der Waals surface area (Å²) in [6.07, 6.45) is 4.99. The van der Waals surface area contributed by atoms with Gasteiger partial charge in [0.1, 0.15) is 6.10 Å². The second-order valence-electron chi connectivity index (χ2n) is 7.67. The molecule has 0 aromatic heterocycles. The van der Waals surface area contributed by atoms with Gasteiger partial charge in [0.25, 0.3) is 0 Å². The molecule has 5 rings (SSSR count). The molecule has 4 nitrogen and oxygen atoms in total. The van der Waals surface area contributed by atoms with Gasteiger partial charge in [-0.05, 0) is 56.8 Å². The average molecular weight is 352 g/mol. The van der Waals surface area contributed by atoms with Crippen LogP contribution in [0.3, 0.4) is 0 Å². The molecule has 2 aliphatic carbocycles. The number of benzene rings is 1. The molecule has 5 heteroatoms. The lowest BCUT2D eigenvalue weighted by molar-refractivity contribution is -0.111. The number of nitrogens with zero attached hydrogens (tertiary/aromatic N) is 1. The van der Waals surface area contributed by atoms with Gasteiger partial charge in [0.2, 0.25) is 0 Å². The van der Waals surface area contributed by atoms with Gasteiger partial charge in [-0.2, -0.15) is 0 Å². The van der Waals surface area contributed by atoms with Crippen molar-refractivity contribution in [3.63, 3.8) is 0 Å². The summed E-state index contributed by atoms with van der Waals surface area (Å²) in [7, 11) is 5.87. The van der Waals surface area contributed by atoms with Gasteiger partial charge in [-0.3, -0.25) is 0 Å². The number of likely N-dealkylation sites (tertiary alicyclic amines) is 1. The Morgan fingerprint density at radius 3 is 2.83 bits per heavy atom. The van der Waals surface area contributed by atoms with E-state index < -0.39 is 0 Å². The van der Waals surface area contributed by atoms with Crippen LogP contribution in [0.2, 0.25) is 0 Å². The number of hydrogen-bond donors (Lipinski definition) is 0. The highest BCUT2D eigenvalue weighted by Crippen LogP contribution is 2.63. The Labute approximate surface area is 149 Å². The Kier molecular flexibility index (Phi) is 3.79. The minimum Gasteiger partial charge on any atom is -0.493 e. The second kappa shape index (κ2) is 5.52. The van der Waals surface area contributed by atoms with E-state index in [1.807, 2.05) is 7.11 Å². The highest BCUT2D eigenvalue weighted by molar-refractivity contribution is 5.85. The van der Waals surface area contributed by atoms with Crippen LogP contribution in [0.15, 0.2) is 12.1 Å². The van der Waals surface area contributed by atoms with Gasteiger partial charge in [-0.1, -0.05) is 6.07 Å². The van der Waals surface area contributed by atoms with E-state index in [9.17, 15) is 0 Å². The SMILES string of the molecule is COc1ccc2c3c1O[C@H]1C(OC)CCC4[C@@H](C2)N(C)CC[C@@]341.Cl. The standard InChI is InChI=1S/C19H25NO3.ClH/c1-20-9-8-19-12-5-7-15(22-3)18(19)23-17-14(21-2)6-4-11(16(17)19)10-13(12)20;/h4,6,12-13,15,18H,5,7-10H2,1-3H3;1H/t12?,13-,15?,18+,19+;/m1./s1. The third kappa shape index (κ3) is 1.77. The van der Waals surface area contributed by atoms with E-state index in [1.165, 1.54) is 24.0 Å². The van der Waals surface area contributed by atoms with Gasteiger partial charge in [-0.25, -0.2) is 0 Å². The van der Waals surface area contributed by atoms with Gasteiger partial charge in [0.05, 0.1) is 13.2 Å². The second-order valence-corrected chi connectivity index (χ2v) is 7.67. The number of ether oxygens (including phenoxy) is 3. The van der Waals surface area contributed by atoms with Crippen LogP contribution in [-0.2, 0) is 16.6 Å². The van der Waals surface area contributed by atoms with Gasteiger partial charge in [0.15, 0.2) is 11.5 Å². The zero-order valence-corrected chi connectivity index (χ0v) is 15.4. The molecule has 0 N–H and O–H groups in total. The molecule has 1 aromatic carbocycles. The number of hydrogen-bond acceptors (Lipinski definition) is 4. The van der Waals surface area contributed by atoms with Crippen molar-refractivity contribution in [2.24, 2.45) is 5.92 Å². The molecule has 1 saturated heterocycles. The lowest BCUT2D eigenvalue weighted by atomic mass is 9.51. The van der Waals surface area contributed by atoms with Crippen LogP contribution in [0.4, 0.5) is 0 Å². The fourth-order valence-electron chi connectivity index (χ4n) is 6.08. The van der Waals surface area contributed by atoms with E-state index in [4.69, 9.17) is 14.2 Å². The monoisotopic (exact) mass is 351 g/mol. The minimum absolute atomic E-state index is 0. The van der Waals surface area contributed by atoms with Crippen LogP contribution in [0.5, 0.6) is 11.5 Å². The predicted molar refractivity (Wildman–Crippen MR) is 94.6 cm³/mol. The molecule has 132 valence electrons. The van der Waals surface area contributed by atoms with Crippen LogP contribution in [0.25, 0.3) is 0 Å². The number of piperidine rings is 1. The maximum absolute atomic E-state index is 6.57. The van der Waals surface area contributed by atoms with E-state index in [2.05, 4.69) is 24.1 Å². The quantitative estimate of drug-likeness (QED) is 0.819. The first kappa shape index (κ1) is 16.5. The molecule has 2 fully saturated rings. The lowest BCUT2D eigenvalue weighted by Crippen LogP contribution is -2.66. The lowest BCUT2D eigenvalue weighted by Gasteiger charge is -2.58. The molecule has 5 atom stereocenters. The number of halogens is 1. The van der Waals surface area contributed by atoms with Crippen molar-refractivity contribution in [2.75, 3.05) is 27.8 Å². The summed E-state index contributed by atoms with van der Waals surface area (Å²) in [6, 6.07) is 4.99. The van der Waals surface area contributed by atoms with Gasteiger partial charge in [0, 0.05) is 24.1 Å². The first-order valence-electron chi connectivity index (χ1n) is 8.80. The van der Waals surface area contributed by atoms with Crippen LogP contribution in [0.1, 0.15) is 30.4 Å². The molecule has 2 bridgehead atoms.